The number of nitro benzene ring substituents is 1. The van der Waals surface area contributed by atoms with Crippen LogP contribution in [0.3, 0.4) is 0 Å². The van der Waals surface area contributed by atoms with E-state index in [-0.39, 0.29) is 23.7 Å². The molecule has 0 aliphatic rings. The maximum Gasteiger partial charge on any atom is 0.352 e. The number of rotatable bonds is 8. The molecule has 0 spiro atoms. The molecule has 0 atom stereocenters. The Morgan fingerprint density at radius 2 is 1.97 bits per heavy atom. The Labute approximate surface area is 172 Å². The van der Waals surface area contributed by atoms with Gasteiger partial charge in [-0.15, -0.1) is 0 Å². The minimum absolute atomic E-state index is 0.0114. The van der Waals surface area contributed by atoms with Crippen molar-refractivity contribution in [3.05, 3.63) is 57.6 Å². The van der Waals surface area contributed by atoms with Gasteiger partial charge in [-0.25, -0.2) is 21.5 Å². The van der Waals surface area contributed by atoms with Gasteiger partial charge in [0.25, 0.3) is 0 Å². The third kappa shape index (κ3) is 5.12. The number of benzene rings is 2. The van der Waals surface area contributed by atoms with E-state index < -0.39 is 11.0 Å². The van der Waals surface area contributed by atoms with Crippen LogP contribution in [-0.2, 0) is 11.4 Å². The van der Waals surface area contributed by atoms with Crippen molar-refractivity contribution < 1.29 is 24.0 Å². The van der Waals surface area contributed by atoms with Crippen molar-refractivity contribution in [2.45, 2.75) is 6.61 Å². The molecular formula is C18H22N6O6. The quantitative estimate of drug-likeness (QED) is 0.216. The summed E-state index contributed by atoms with van der Waals surface area (Å²) in [4.78, 5) is 27.6. The molecule has 2 amide bonds. The summed E-state index contributed by atoms with van der Waals surface area (Å²) in [5.41, 5.74) is 0.854. The normalized spacial score (nSPS) is 10.6. The highest BCUT2D eigenvalue weighted by atomic mass is 16.6. The number of hydrazine groups is 2. The summed E-state index contributed by atoms with van der Waals surface area (Å²) in [5, 5.41) is 16.7. The molecular weight excluding hydrogens is 396 g/mol. The third-order valence-electron chi connectivity index (χ3n) is 3.95. The van der Waals surface area contributed by atoms with Crippen molar-refractivity contribution in [1.82, 2.24) is 5.01 Å². The predicted molar refractivity (Wildman–Crippen MR) is 109 cm³/mol. The van der Waals surface area contributed by atoms with Crippen LogP contribution in [0.25, 0.3) is 0 Å². The topological polar surface area (TPSA) is 159 Å². The number of carbonyl (C=O) groups excluding carboxylic acids is 1. The second-order valence-electron chi connectivity index (χ2n) is 5.91. The fraction of sp³-hybridized carbons (Fsp3) is 0.222. The molecule has 4 N–H and O–H groups in total. The number of urea groups is 1. The van der Waals surface area contributed by atoms with Crippen molar-refractivity contribution >= 4 is 23.6 Å². The predicted octanol–water partition coefficient (Wildman–Crippen LogP) is 1.77. The second kappa shape index (κ2) is 10.0. The summed E-state index contributed by atoms with van der Waals surface area (Å²) in [6, 6.07) is 8.47. The lowest BCUT2D eigenvalue weighted by Gasteiger charge is -2.24. The molecule has 160 valence electrons. The van der Waals surface area contributed by atoms with Crippen LogP contribution in [0.15, 0.2) is 41.6 Å². The zero-order chi connectivity index (χ0) is 22.3. The smallest absolute Gasteiger partial charge is 0.352 e. The molecule has 30 heavy (non-hydrogen) atoms. The van der Waals surface area contributed by atoms with Crippen LogP contribution in [0.1, 0.15) is 11.1 Å². The summed E-state index contributed by atoms with van der Waals surface area (Å²) >= 11 is 0. The first-order chi connectivity index (χ1) is 14.3. The number of carbonyl (C=O) groups is 1. The molecule has 2 aromatic rings. The molecule has 0 radical (unpaired) electrons. The molecule has 0 aromatic heterocycles. The minimum atomic E-state index is -0.683. The van der Waals surface area contributed by atoms with E-state index in [0.717, 1.165) is 10.0 Å². The van der Waals surface area contributed by atoms with E-state index in [4.69, 9.17) is 21.2 Å². The number of amides is 2. The van der Waals surface area contributed by atoms with Gasteiger partial charge in [0.1, 0.15) is 19.5 Å². The zero-order valence-corrected chi connectivity index (χ0v) is 16.6. The van der Waals surface area contributed by atoms with Crippen molar-refractivity contribution in [2.24, 2.45) is 16.8 Å². The van der Waals surface area contributed by atoms with Crippen LogP contribution in [0.5, 0.6) is 11.5 Å². The number of nitro groups is 1. The standard InChI is InChI=1S/C18H22N6O6/c1-22(19)18(25)23(20)14-5-4-6-16(28-2)13(14)11-30-17-8-7-12(10-21-29-3)9-15(17)24(26)27/h4-10H,11,19-20H2,1-3H3/b21-10+. The summed E-state index contributed by atoms with van der Waals surface area (Å²) in [6.07, 6.45) is 1.33. The van der Waals surface area contributed by atoms with E-state index in [1.807, 2.05) is 0 Å². The van der Waals surface area contributed by atoms with Gasteiger partial charge in [-0.1, -0.05) is 11.2 Å². The molecule has 0 bridgehead atoms. The van der Waals surface area contributed by atoms with Crippen LogP contribution in [-0.4, -0.2) is 43.4 Å². The van der Waals surface area contributed by atoms with Gasteiger partial charge in [-0.2, -0.15) is 0 Å². The van der Waals surface area contributed by atoms with E-state index in [1.165, 1.54) is 39.6 Å². The van der Waals surface area contributed by atoms with Gasteiger partial charge < -0.3 is 14.3 Å². The maximum atomic E-state index is 12.1. The molecule has 12 nitrogen and oxygen atoms in total. The van der Waals surface area contributed by atoms with Gasteiger partial charge in [0.15, 0.2) is 5.75 Å². The molecule has 0 aliphatic heterocycles. The second-order valence-corrected chi connectivity index (χ2v) is 5.91. The summed E-state index contributed by atoms with van der Waals surface area (Å²) in [5.74, 6) is 11.7. The highest BCUT2D eigenvalue weighted by Crippen LogP contribution is 2.33. The highest BCUT2D eigenvalue weighted by molar-refractivity contribution is 5.91. The summed E-state index contributed by atoms with van der Waals surface area (Å²) in [6.45, 7) is -0.166. The zero-order valence-electron chi connectivity index (χ0n) is 16.6. The first kappa shape index (κ1) is 22.4. The lowest BCUT2D eigenvalue weighted by molar-refractivity contribution is -0.385. The van der Waals surface area contributed by atoms with E-state index in [9.17, 15) is 14.9 Å². The summed E-state index contributed by atoms with van der Waals surface area (Å²) < 4.78 is 11.0. The van der Waals surface area contributed by atoms with Crippen LogP contribution >= 0.6 is 0 Å². The number of oxime groups is 1. The Bertz CT molecular complexity index is 949. The number of hydrogen-bond acceptors (Lipinski definition) is 9. The molecule has 2 rings (SSSR count). The SMILES string of the molecule is CO/N=C/c1ccc(OCc2c(OC)cccc2N(N)C(=O)N(C)N)c([N+](=O)[O-])c1. The van der Waals surface area contributed by atoms with E-state index in [2.05, 4.69) is 9.99 Å². The minimum Gasteiger partial charge on any atom is -0.496 e. The number of nitrogens with two attached hydrogens (primary N) is 2. The number of ether oxygens (including phenoxy) is 2. The molecule has 0 saturated carbocycles. The largest absolute Gasteiger partial charge is 0.496 e. The van der Waals surface area contributed by atoms with E-state index in [1.54, 1.807) is 24.3 Å². The molecule has 0 aliphatic carbocycles. The monoisotopic (exact) mass is 418 g/mol. The van der Waals surface area contributed by atoms with Crippen molar-refractivity contribution in [3.8, 4) is 11.5 Å². The number of anilines is 1. The average molecular weight is 418 g/mol. The van der Waals surface area contributed by atoms with Crippen LogP contribution in [0, 0.1) is 10.1 Å². The molecule has 12 heteroatoms. The molecule has 0 saturated heterocycles. The molecule has 0 heterocycles. The van der Waals surface area contributed by atoms with Crippen LogP contribution < -0.4 is 26.2 Å². The van der Waals surface area contributed by atoms with E-state index >= 15 is 0 Å². The fourth-order valence-corrected chi connectivity index (χ4v) is 2.53. The Kier molecular flexibility index (Phi) is 7.50. The van der Waals surface area contributed by atoms with Gasteiger partial charge in [0.05, 0.1) is 29.5 Å². The summed E-state index contributed by atoms with van der Waals surface area (Å²) in [7, 11) is 4.14. The van der Waals surface area contributed by atoms with Crippen LogP contribution in [0.4, 0.5) is 16.2 Å². The number of hydrogen-bond donors (Lipinski definition) is 2. The first-order valence-electron chi connectivity index (χ1n) is 8.51. The Morgan fingerprint density at radius 1 is 1.23 bits per heavy atom. The fourth-order valence-electron chi connectivity index (χ4n) is 2.53. The van der Waals surface area contributed by atoms with Crippen molar-refractivity contribution in [1.29, 1.82) is 0 Å². The molecule has 0 fully saturated rings. The Balaban J connectivity index is 2.38. The molecule has 2 aromatic carbocycles. The van der Waals surface area contributed by atoms with E-state index in [0.29, 0.717) is 16.9 Å². The van der Waals surface area contributed by atoms with Gasteiger partial charge in [-0.3, -0.25) is 15.1 Å². The average Bonchev–Trinajstić information content (AvgIpc) is 2.74. The van der Waals surface area contributed by atoms with Crippen molar-refractivity contribution in [3.63, 3.8) is 0 Å². The van der Waals surface area contributed by atoms with Crippen molar-refractivity contribution in [2.75, 3.05) is 26.3 Å². The van der Waals surface area contributed by atoms with Gasteiger partial charge >= 0.3 is 11.7 Å². The molecule has 0 unspecified atom stereocenters. The number of nitrogens with zero attached hydrogens (tertiary/aromatic N) is 4. The van der Waals surface area contributed by atoms with Gasteiger partial charge in [0.2, 0.25) is 0 Å². The maximum absolute atomic E-state index is 12.1. The Morgan fingerprint density at radius 3 is 2.57 bits per heavy atom. The third-order valence-corrected chi connectivity index (χ3v) is 3.95. The lowest BCUT2D eigenvalue weighted by atomic mass is 10.1. The van der Waals surface area contributed by atoms with Gasteiger partial charge in [-0.05, 0) is 24.3 Å². The highest BCUT2D eigenvalue weighted by Gasteiger charge is 2.22. The number of methoxy groups -OCH3 is 1. The lowest BCUT2D eigenvalue weighted by Crippen LogP contribution is -2.49. The Hall–Kier alpha value is -3.90. The van der Waals surface area contributed by atoms with Gasteiger partial charge in [0, 0.05) is 18.7 Å². The van der Waals surface area contributed by atoms with Crippen LogP contribution in [0.2, 0.25) is 0 Å². The first-order valence-corrected chi connectivity index (χ1v) is 8.51.